The molecule has 0 bridgehead atoms. The standard InChI is InChI=1S/C11H16O3S2/c1-3-14-10-4-6-11(7-5-10)16(12,13)8-9(2)15/h4-7,9,15H,3,8H2,1-2H3/t9-/m1/s1. The fourth-order valence-electron chi connectivity index (χ4n) is 1.32. The molecule has 0 saturated heterocycles. The van der Waals surface area contributed by atoms with E-state index in [1.807, 2.05) is 6.92 Å². The van der Waals surface area contributed by atoms with E-state index in [1.165, 1.54) is 0 Å². The van der Waals surface area contributed by atoms with Crippen LogP contribution in [0.25, 0.3) is 0 Å². The molecule has 0 aliphatic rings. The van der Waals surface area contributed by atoms with E-state index in [9.17, 15) is 8.42 Å². The molecule has 1 aromatic carbocycles. The second kappa shape index (κ2) is 5.59. The number of rotatable bonds is 5. The van der Waals surface area contributed by atoms with Crippen LogP contribution in [0.5, 0.6) is 5.75 Å². The van der Waals surface area contributed by atoms with E-state index in [1.54, 1.807) is 31.2 Å². The lowest BCUT2D eigenvalue weighted by atomic mass is 10.3. The summed E-state index contributed by atoms with van der Waals surface area (Å²) in [5, 5.41) is -0.170. The summed E-state index contributed by atoms with van der Waals surface area (Å²) < 4.78 is 28.9. The molecule has 0 aliphatic heterocycles. The summed E-state index contributed by atoms with van der Waals surface area (Å²) in [6, 6.07) is 6.46. The van der Waals surface area contributed by atoms with Crippen LogP contribution in [0, 0.1) is 0 Å². The van der Waals surface area contributed by atoms with Crippen molar-refractivity contribution in [3.8, 4) is 5.75 Å². The van der Waals surface area contributed by atoms with Gasteiger partial charge in [-0.2, -0.15) is 12.6 Å². The van der Waals surface area contributed by atoms with Gasteiger partial charge in [-0.15, -0.1) is 0 Å². The van der Waals surface area contributed by atoms with E-state index in [-0.39, 0.29) is 11.0 Å². The van der Waals surface area contributed by atoms with E-state index in [0.29, 0.717) is 17.3 Å². The molecular formula is C11H16O3S2. The van der Waals surface area contributed by atoms with Crippen LogP contribution in [0.15, 0.2) is 29.2 Å². The lowest BCUT2D eigenvalue weighted by Crippen LogP contribution is -2.13. The van der Waals surface area contributed by atoms with Crippen molar-refractivity contribution in [2.75, 3.05) is 12.4 Å². The van der Waals surface area contributed by atoms with Crippen molar-refractivity contribution in [1.29, 1.82) is 0 Å². The first-order valence-electron chi connectivity index (χ1n) is 5.09. The van der Waals surface area contributed by atoms with Crippen molar-refractivity contribution in [3.05, 3.63) is 24.3 Å². The molecule has 0 spiro atoms. The minimum atomic E-state index is -3.22. The quantitative estimate of drug-likeness (QED) is 0.825. The number of sulfone groups is 1. The van der Waals surface area contributed by atoms with Gasteiger partial charge in [-0.3, -0.25) is 0 Å². The molecule has 0 amide bonds. The van der Waals surface area contributed by atoms with Gasteiger partial charge in [-0.1, -0.05) is 6.92 Å². The second-order valence-corrected chi connectivity index (χ2v) is 6.45. The molecule has 0 unspecified atom stereocenters. The van der Waals surface area contributed by atoms with Crippen LogP contribution in [0.1, 0.15) is 13.8 Å². The van der Waals surface area contributed by atoms with Gasteiger partial charge in [-0.25, -0.2) is 8.42 Å². The fraction of sp³-hybridized carbons (Fsp3) is 0.455. The highest BCUT2D eigenvalue weighted by atomic mass is 32.2. The normalized spacial score (nSPS) is 13.4. The Morgan fingerprint density at radius 1 is 1.31 bits per heavy atom. The highest BCUT2D eigenvalue weighted by Gasteiger charge is 2.16. The number of thiol groups is 1. The van der Waals surface area contributed by atoms with Crippen molar-refractivity contribution in [2.24, 2.45) is 0 Å². The molecule has 0 radical (unpaired) electrons. The zero-order chi connectivity index (χ0) is 12.2. The molecule has 0 aromatic heterocycles. The molecule has 5 heteroatoms. The first kappa shape index (κ1) is 13.4. The van der Waals surface area contributed by atoms with Gasteiger partial charge in [-0.05, 0) is 31.2 Å². The van der Waals surface area contributed by atoms with Gasteiger partial charge in [0.25, 0.3) is 0 Å². The minimum absolute atomic E-state index is 0.0457. The summed E-state index contributed by atoms with van der Waals surface area (Å²) in [5.41, 5.74) is 0. The average Bonchev–Trinajstić information content (AvgIpc) is 2.17. The van der Waals surface area contributed by atoms with Gasteiger partial charge in [0.15, 0.2) is 9.84 Å². The van der Waals surface area contributed by atoms with E-state index < -0.39 is 9.84 Å². The molecule has 16 heavy (non-hydrogen) atoms. The Morgan fingerprint density at radius 3 is 2.31 bits per heavy atom. The third-order valence-electron chi connectivity index (χ3n) is 1.95. The highest BCUT2D eigenvalue weighted by Crippen LogP contribution is 2.18. The highest BCUT2D eigenvalue weighted by molar-refractivity contribution is 7.92. The Balaban J connectivity index is 2.89. The third-order valence-corrected chi connectivity index (χ3v) is 4.31. The molecule has 0 fully saturated rings. The number of hydrogen-bond acceptors (Lipinski definition) is 4. The van der Waals surface area contributed by atoms with E-state index in [2.05, 4.69) is 12.6 Å². The Labute approximate surface area is 102 Å². The predicted octanol–water partition coefficient (Wildman–Crippen LogP) is 2.18. The first-order chi connectivity index (χ1) is 7.45. The van der Waals surface area contributed by atoms with Crippen LogP contribution >= 0.6 is 12.6 Å². The van der Waals surface area contributed by atoms with Gasteiger partial charge in [0.2, 0.25) is 0 Å². The van der Waals surface area contributed by atoms with Crippen molar-refractivity contribution >= 4 is 22.5 Å². The van der Waals surface area contributed by atoms with Crippen LogP contribution in [0.2, 0.25) is 0 Å². The van der Waals surface area contributed by atoms with Crippen LogP contribution in [0.3, 0.4) is 0 Å². The zero-order valence-electron chi connectivity index (χ0n) is 9.38. The Bertz CT molecular complexity index is 421. The topological polar surface area (TPSA) is 43.4 Å². The molecule has 0 saturated carbocycles. The Kier molecular flexibility index (Phi) is 4.68. The Hall–Kier alpha value is -0.680. The van der Waals surface area contributed by atoms with E-state index >= 15 is 0 Å². The smallest absolute Gasteiger partial charge is 0.179 e. The molecule has 0 heterocycles. The van der Waals surface area contributed by atoms with Gasteiger partial charge in [0.1, 0.15) is 5.75 Å². The largest absolute Gasteiger partial charge is 0.494 e. The summed E-state index contributed by atoms with van der Waals surface area (Å²) >= 11 is 4.09. The zero-order valence-corrected chi connectivity index (χ0v) is 11.1. The molecule has 90 valence electrons. The third kappa shape index (κ3) is 3.72. The summed E-state index contributed by atoms with van der Waals surface area (Å²) in [6.07, 6.45) is 0. The second-order valence-electron chi connectivity index (χ2n) is 3.53. The van der Waals surface area contributed by atoms with Crippen molar-refractivity contribution in [1.82, 2.24) is 0 Å². The van der Waals surface area contributed by atoms with Gasteiger partial charge >= 0.3 is 0 Å². The van der Waals surface area contributed by atoms with Crippen LogP contribution < -0.4 is 4.74 Å². The van der Waals surface area contributed by atoms with E-state index in [0.717, 1.165) is 0 Å². The molecule has 1 rings (SSSR count). The van der Waals surface area contributed by atoms with Gasteiger partial charge in [0, 0.05) is 5.25 Å². The summed E-state index contributed by atoms with van der Waals surface area (Å²) in [5.74, 6) is 0.727. The van der Waals surface area contributed by atoms with Crippen LogP contribution in [-0.4, -0.2) is 26.0 Å². The molecule has 3 nitrogen and oxygen atoms in total. The first-order valence-corrected chi connectivity index (χ1v) is 7.26. The molecule has 0 N–H and O–H groups in total. The maximum atomic E-state index is 11.8. The lowest BCUT2D eigenvalue weighted by molar-refractivity contribution is 0.340. The summed E-state index contributed by atoms with van der Waals surface area (Å²) in [6.45, 7) is 4.21. The summed E-state index contributed by atoms with van der Waals surface area (Å²) in [4.78, 5) is 0.317. The number of hydrogen-bond donors (Lipinski definition) is 1. The maximum absolute atomic E-state index is 11.8. The van der Waals surface area contributed by atoms with Crippen LogP contribution in [-0.2, 0) is 9.84 Å². The monoisotopic (exact) mass is 260 g/mol. The number of ether oxygens (including phenoxy) is 1. The molecule has 1 atom stereocenters. The summed E-state index contributed by atoms with van der Waals surface area (Å²) in [7, 11) is -3.22. The molecule has 1 aromatic rings. The van der Waals surface area contributed by atoms with E-state index in [4.69, 9.17) is 4.74 Å². The van der Waals surface area contributed by atoms with Crippen molar-refractivity contribution in [2.45, 2.75) is 24.0 Å². The molecular weight excluding hydrogens is 244 g/mol. The fourth-order valence-corrected chi connectivity index (χ4v) is 3.29. The van der Waals surface area contributed by atoms with Crippen LogP contribution in [0.4, 0.5) is 0 Å². The Morgan fingerprint density at radius 2 is 1.88 bits per heavy atom. The predicted molar refractivity (Wildman–Crippen MR) is 68.1 cm³/mol. The SMILES string of the molecule is CCOc1ccc(S(=O)(=O)C[C@@H](C)S)cc1. The average molecular weight is 260 g/mol. The lowest BCUT2D eigenvalue weighted by Gasteiger charge is -2.07. The minimum Gasteiger partial charge on any atom is -0.494 e. The van der Waals surface area contributed by atoms with Crippen molar-refractivity contribution in [3.63, 3.8) is 0 Å². The number of benzene rings is 1. The maximum Gasteiger partial charge on any atom is 0.179 e. The van der Waals surface area contributed by atoms with Crippen molar-refractivity contribution < 1.29 is 13.2 Å². The molecule has 0 aliphatic carbocycles. The van der Waals surface area contributed by atoms with Gasteiger partial charge < -0.3 is 4.74 Å². The van der Waals surface area contributed by atoms with Gasteiger partial charge in [0.05, 0.1) is 17.3 Å².